The minimum Gasteiger partial charge on any atom is -0.311 e. The van der Waals surface area contributed by atoms with Crippen LogP contribution in [0.3, 0.4) is 0 Å². The molecule has 3 heterocycles. The third-order valence-corrected chi connectivity index (χ3v) is 10.8. The normalized spacial score (nSPS) is 30.8. The van der Waals surface area contributed by atoms with Crippen molar-refractivity contribution in [1.29, 1.82) is 0 Å². The van der Waals surface area contributed by atoms with E-state index in [4.69, 9.17) is 0 Å². The number of carbonyl (C=O) groups excluding carboxylic acids is 2. The van der Waals surface area contributed by atoms with Crippen LogP contribution < -0.4 is 16.2 Å². The van der Waals surface area contributed by atoms with Crippen molar-refractivity contribution in [2.75, 3.05) is 45.8 Å². The molecule has 4 saturated carbocycles. The molecule has 9 nitrogen and oxygen atoms in total. The highest BCUT2D eigenvalue weighted by Crippen LogP contribution is 2.55. The van der Waals surface area contributed by atoms with Crippen molar-refractivity contribution in [1.82, 2.24) is 30.0 Å². The number of aryl methyl sites for hydroxylation is 1. The van der Waals surface area contributed by atoms with Crippen LogP contribution in [0.15, 0.2) is 23.0 Å². The Bertz CT molecular complexity index is 1490. The molecule has 2 saturated heterocycles. The van der Waals surface area contributed by atoms with Crippen molar-refractivity contribution in [3.05, 3.63) is 39.9 Å². The monoisotopic (exact) mass is 584 g/mol. The number of piperidine rings is 1. The van der Waals surface area contributed by atoms with E-state index in [0.717, 1.165) is 57.0 Å². The highest BCUT2D eigenvalue weighted by atomic mass is 16.2. The number of amides is 2. The number of benzene rings is 1. The van der Waals surface area contributed by atoms with Crippen molar-refractivity contribution in [2.45, 2.75) is 76.3 Å². The van der Waals surface area contributed by atoms with E-state index in [0.29, 0.717) is 34.4 Å². The molecule has 6 aliphatic rings. The lowest BCUT2D eigenvalue weighted by molar-refractivity contribution is -0.135. The maximum absolute atomic E-state index is 13.6. The van der Waals surface area contributed by atoms with Gasteiger partial charge in [0.1, 0.15) is 11.9 Å². The molecule has 1 unspecified atom stereocenters. The third kappa shape index (κ3) is 5.90. The summed E-state index contributed by atoms with van der Waals surface area (Å²) in [6.07, 6.45) is 10.5. The summed E-state index contributed by atoms with van der Waals surface area (Å²) < 4.78 is 1.42. The van der Waals surface area contributed by atoms with E-state index in [1.165, 1.54) is 49.5 Å². The van der Waals surface area contributed by atoms with Crippen LogP contribution in [0.25, 0.3) is 10.9 Å². The first kappa shape index (κ1) is 28.7. The van der Waals surface area contributed by atoms with Crippen molar-refractivity contribution < 1.29 is 9.59 Å². The molecular weight excluding hydrogens is 540 g/mol. The summed E-state index contributed by atoms with van der Waals surface area (Å²) in [4.78, 5) is 47.4. The lowest BCUT2D eigenvalue weighted by Crippen LogP contribution is -2.58. The van der Waals surface area contributed by atoms with E-state index < -0.39 is 11.9 Å². The molecule has 2 N–H and O–H groups in total. The summed E-state index contributed by atoms with van der Waals surface area (Å²) in [7, 11) is 0. The van der Waals surface area contributed by atoms with Gasteiger partial charge in [-0.25, -0.2) is 4.98 Å². The van der Waals surface area contributed by atoms with Gasteiger partial charge in [-0.1, -0.05) is 17.9 Å². The van der Waals surface area contributed by atoms with Crippen LogP contribution in [0, 0.1) is 36.5 Å². The number of imide groups is 1. The maximum atomic E-state index is 13.6. The average Bonchev–Trinajstić information content (AvgIpc) is 2.96. The molecule has 4 bridgehead atoms. The van der Waals surface area contributed by atoms with Crippen LogP contribution in [-0.2, 0) is 9.59 Å². The topological polar surface area (TPSA) is 99.6 Å². The zero-order valence-electron chi connectivity index (χ0n) is 25.4. The molecule has 0 spiro atoms. The number of piperazine rings is 1. The number of aromatic nitrogens is 2. The Labute approximate surface area is 253 Å². The van der Waals surface area contributed by atoms with Gasteiger partial charge >= 0.3 is 0 Å². The van der Waals surface area contributed by atoms with E-state index in [-0.39, 0.29) is 24.3 Å². The Morgan fingerprint density at radius 1 is 1.00 bits per heavy atom. The summed E-state index contributed by atoms with van der Waals surface area (Å²) in [5.41, 5.74) is 1.38. The predicted octanol–water partition coefficient (Wildman–Crippen LogP) is 2.60. The molecule has 4 aliphatic carbocycles. The number of nitrogens with one attached hydrogen (secondary N) is 2. The van der Waals surface area contributed by atoms with Gasteiger partial charge < -0.3 is 10.2 Å². The van der Waals surface area contributed by atoms with Crippen molar-refractivity contribution in [3.63, 3.8) is 0 Å². The minimum absolute atomic E-state index is 0.202. The van der Waals surface area contributed by atoms with Gasteiger partial charge in [0.25, 0.3) is 5.56 Å². The van der Waals surface area contributed by atoms with E-state index in [2.05, 4.69) is 37.3 Å². The van der Waals surface area contributed by atoms with E-state index in [1.54, 1.807) is 6.92 Å². The molecule has 1 aromatic heterocycles. The Balaban J connectivity index is 0.922. The Hall–Kier alpha value is -3.06. The molecular formula is C34H44N6O3. The van der Waals surface area contributed by atoms with Crippen LogP contribution in [-0.4, -0.2) is 82.5 Å². The summed E-state index contributed by atoms with van der Waals surface area (Å²) in [5.74, 6) is 9.20. The first-order valence-corrected chi connectivity index (χ1v) is 16.4. The fraction of sp³-hybridized carbons (Fsp3) is 0.647. The summed E-state index contributed by atoms with van der Waals surface area (Å²) in [5, 5.41) is 6.83. The number of hydrogen-bond donors (Lipinski definition) is 2. The lowest BCUT2D eigenvalue weighted by atomic mass is 9.53. The van der Waals surface area contributed by atoms with Gasteiger partial charge in [0.05, 0.1) is 17.4 Å². The third-order valence-electron chi connectivity index (χ3n) is 10.8. The van der Waals surface area contributed by atoms with Crippen molar-refractivity contribution in [3.8, 4) is 11.8 Å². The van der Waals surface area contributed by atoms with E-state index >= 15 is 0 Å². The molecule has 228 valence electrons. The van der Waals surface area contributed by atoms with E-state index in [1.807, 2.05) is 18.2 Å². The van der Waals surface area contributed by atoms with Gasteiger partial charge in [-0.15, -0.1) is 0 Å². The fourth-order valence-corrected chi connectivity index (χ4v) is 9.15. The minimum atomic E-state index is -0.743. The second-order valence-corrected chi connectivity index (χ2v) is 13.9. The van der Waals surface area contributed by atoms with Crippen molar-refractivity contribution >= 4 is 22.7 Å². The van der Waals surface area contributed by atoms with Gasteiger partial charge in [0.2, 0.25) is 11.8 Å². The predicted molar refractivity (Wildman–Crippen MR) is 165 cm³/mol. The highest BCUT2D eigenvalue weighted by molar-refractivity contribution is 5.99. The van der Waals surface area contributed by atoms with Crippen LogP contribution in [0.4, 0.5) is 0 Å². The van der Waals surface area contributed by atoms with Gasteiger partial charge in [0.15, 0.2) is 0 Å². The van der Waals surface area contributed by atoms with Gasteiger partial charge in [0, 0.05) is 43.7 Å². The average molecular weight is 585 g/mol. The quantitative estimate of drug-likeness (QED) is 0.293. The molecule has 9 heteroatoms. The number of carbonyl (C=O) groups is 2. The zero-order chi connectivity index (χ0) is 29.6. The molecule has 0 radical (unpaired) electrons. The largest absolute Gasteiger partial charge is 0.311 e. The molecule has 2 amide bonds. The smallest absolute Gasteiger partial charge is 0.263 e. The van der Waals surface area contributed by atoms with Gasteiger partial charge in [-0.2, -0.15) is 0 Å². The molecule has 1 aromatic carbocycles. The van der Waals surface area contributed by atoms with Gasteiger partial charge in [-0.3, -0.25) is 29.2 Å². The Kier molecular flexibility index (Phi) is 7.87. The fourth-order valence-electron chi connectivity index (χ4n) is 9.15. The zero-order valence-corrected chi connectivity index (χ0v) is 25.4. The first-order valence-electron chi connectivity index (χ1n) is 16.4. The Morgan fingerprint density at radius 3 is 2.40 bits per heavy atom. The summed E-state index contributed by atoms with van der Waals surface area (Å²) >= 11 is 0. The number of hydrogen-bond acceptors (Lipinski definition) is 7. The molecule has 6 fully saturated rings. The number of rotatable bonds is 7. The molecule has 43 heavy (non-hydrogen) atoms. The van der Waals surface area contributed by atoms with Crippen LogP contribution >= 0.6 is 0 Å². The summed E-state index contributed by atoms with van der Waals surface area (Å²) in [6.45, 7) is 8.79. The second-order valence-electron chi connectivity index (χ2n) is 13.9. The maximum Gasteiger partial charge on any atom is 0.263 e. The summed E-state index contributed by atoms with van der Waals surface area (Å²) in [6, 6.07) is 4.78. The Morgan fingerprint density at radius 2 is 1.70 bits per heavy atom. The number of fused-ring (bicyclic) bond motifs is 1. The van der Waals surface area contributed by atoms with Crippen LogP contribution in [0.5, 0.6) is 0 Å². The van der Waals surface area contributed by atoms with Gasteiger partial charge in [-0.05, 0) is 101 Å². The first-order chi connectivity index (χ1) is 20.9. The highest BCUT2D eigenvalue weighted by Gasteiger charge is 2.50. The SMILES string of the molecule is Cc1nc2cccc(C#CCN3CCN(CCCNC45CC6CC(CC(C6)C4)C5)CC3)c2c(=O)n1C1CCC(=O)NC1=O. The van der Waals surface area contributed by atoms with Crippen molar-refractivity contribution in [2.24, 2.45) is 17.8 Å². The lowest BCUT2D eigenvalue weighted by Gasteiger charge is -2.57. The van der Waals surface area contributed by atoms with E-state index in [9.17, 15) is 14.4 Å². The molecule has 1 atom stereocenters. The number of nitrogens with zero attached hydrogens (tertiary/aromatic N) is 4. The van der Waals surface area contributed by atoms with Crippen LogP contribution in [0.2, 0.25) is 0 Å². The molecule has 2 aromatic rings. The van der Waals surface area contributed by atoms with Crippen LogP contribution in [0.1, 0.15) is 75.2 Å². The second kappa shape index (κ2) is 11.8. The standard InChI is InChI=1S/C34H44N6O3/c1-23-36-28-7-2-5-27(31(28)33(43)40(23)29-8-9-30(41)37-32(29)42)6-3-11-38-13-15-39(16-14-38)12-4-10-35-34-20-24-17-25(21-34)19-26(18-24)22-34/h2,5,7,24-26,29,35H,4,8-22H2,1H3,(H,37,41,42). The molecule has 2 aliphatic heterocycles. The molecule has 8 rings (SSSR count).